The molecule has 0 amide bonds. The van der Waals surface area contributed by atoms with Crippen molar-refractivity contribution in [2.75, 3.05) is 20.7 Å². The Morgan fingerprint density at radius 1 is 1.56 bits per heavy atom. The van der Waals surface area contributed by atoms with Crippen molar-refractivity contribution in [1.82, 2.24) is 5.32 Å². The second-order valence-corrected chi connectivity index (χ2v) is 3.88. The molecule has 0 spiro atoms. The minimum atomic E-state index is -0.770. The number of hydrogen-bond acceptors (Lipinski definition) is 3. The van der Waals surface area contributed by atoms with Gasteiger partial charge in [-0.3, -0.25) is 0 Å². The summed E-state index contributed by atoms with van der Waals surface area (Å²) in [4.78, 5) is 0. The molecule has 0 fully saturated rings. The van der Waals surface area contributed by atoms with E-state index in [1.165, 1.54) is 13.2 Å². The van der Waals surface area contributed by atoms with Gasteiger partial charge in [-0.15, -0.1) is 0 Å². The first kappa shape index (κ1) is 13.4. The lowest BCUT2D eigenvalue weighted by Gasteiger charge is -2.13. The first-order chi connectivity index (χ1) is 7.60. The topological polar surface area (TPSA) is 41.5 Å². The fraction of sp³-hybridized carbons (Fsp3) is 0.455. The molecule has 1 aromatic rings. The van der Waals surface area contributed by atoms with Crippen LogP contribution in [0.1, 0.15) is 17.2 Å². The Morgan fingerprint density at radius 3 is 2.75 bits per heavy atom. The van der Waals surface area contributed by atoms with Gasteiger partial charge in [0.15, 0.2) is 0 Å². The summed E-state index contributed by atoms with van der Waals surface area (Å²) in [5.41, 5.74) is 0.765. The van der Waals surface area contributed by atoms with Crippen LogP contribution in [-0.4, -0.2) is 25.8 Å². The Balaban J connectivity index is 2.99. The van der Waals surface area contributed by atoms with Gasteiger partial charge in [0, 0.05) is 24.2 Å². The molecule has 0 aliphatic carbocycles. The van der Waals surface area contributed by atoms with Gasteiger partial charge in [0.1, 0.15) is 5.82 Å². The van der Waals surface area contributed by atoms with Crippen molar-refractivity contribution >= 4 is 11.6 Å². The molecule has 0 saturated heterocycles. The minimum Gasteiger partial charge on any atom is -0.387 e. The molecular formula is C11H15ClFNO2. The highest BCUT2D eigenvalue weighted by Crippen LogP contribution is 2.25. The molecule has 1 unspecified atom stereocenters. The smallest absolute Gasteiger partial charge is 0.130 e. The maximum Gasteiger partial charge on any atom is 0.130 e. The van der Waals surface area contributed by atoms with E-state index in [2.05, 4.69) is 5.32 Å². The van der Waals surface area contributed by atoms with Crippen LogP contribution in [0.25, 0.3) is 0 Å². The van der Waals surface area contributed by atoms with Crippen LogP contribution in [0, 0.1) is 5.82 Å². The number of aliphatic hydroxyl groups is 1. The second kappa shape index (κ2) is 6.15. The molecule has 2 N–H and O–H groups in total. The van der Waals surface area contributed by atoms with Gasteiger partial charge in [0.05, 0.1) is 12.7 Å². The molecule has 0 heterocycles. The van der Waals surface area contributed by atoms with Gasteiger partial charge in [-0.1, -0.05) is 11.6 Å². The molecule has 0 aromatic heterocycles. The Bertz CT molecular complexity index is 337. The van der Waals surface area contributed by atoms with Crippen LogP contribution in [-0.2, 0) is 11.3 Å². The van der Waals surface area contributed by atoms with Gasteiger partial charge in [-0.05, 0) is 24.7 Å². The van der Waals surface area contributed by atoms with E-state index in [0.29, 0.717) is 17.7 Å². The highest BCUT2D eigenvalue weighted by molar-refractivity contribution is 6.31. The predicted molar refractivity (Wildman–Crippen MR) is 61.0 cm³/mol. The highest BCUT2D eigenvalue weighted by atomic mass is 35.5. The SMILES string of the molecule is CNCC(O)c1cc(F)c(COC)c(Cl)c1. The molecule has 1 atom stereocenters. The van der Waals surface area contributed by atoms with Crippen LogP contribution in [0.3, 0.4) is 0 Å². The van der Waals surface area contributed by atoms with Gasteiger partial charge in [0.2, 0.25) is 0 Å². The fourth-order valence-corrected chi connectivity index (χ4v) is 1.68. The predicted octanol–water partition coefficient (Wildman–Crippen LogP) is 1.88. The molecule has 3 nitrogen and oxygen atoms in total. The number of nitrogens with one attached hydrogen (secondary N) is 1. The van der Waals surface area contributed by atoms with Crippen molar-refractivity contribution in [3.8, 4) is 0 Å². The summed E-state index contributed by atoms with van der Waals surface area (Å²) in [6, 6.07) is 2.84. The van der Waals surface area contributed by atoms with Crippen molar-refractivity contribution in [3.05, 3.63) is 34.1 Å². The second-order valence-electron chi connectivity index (χ2n) is 3.47. The molecular weight excluding hydrogens is 233 g/mol. The number of aliphatic hydroxyl groups excluding tert-OH is 1. The van der Waals surface area contributed by atoms with E-state index in [1.54, 1.807) is 13.1 Å². The summed E-state index contributed by atoms with van der Waals surface area (Å²) < 4.78 is 18.4. The van der Waals surface area contributed by atoms with Crippen LogP contribution in [0.4, 0.5) is 4.39 Å². The third-order valence-corrected chi connectivity index (χ3v) is 2.57. The number of methoxy groups -OCH3 is 1. The number of hydrogen-bond donors (Lipinski definition) is 2. The van der Waals surface area contributed by atoms with Gasteiger partial charge in [-0.25, -0.2) is 4.39 Å². The molecule has 90 valence electrons. The normalized spacial score (nSPS) is 12.8. The Hall–Kier alpha value is -0.680. The Morgan fingerprint density at radius 2 is 2.25 bits per heavy atom. The summed E-state index contributed by atoms with van der Waals surface area (Å²) >= 11 is 5.91. The van der Waals surface area contributed by atoms with E-state index in [4.69, 9.17) is 16.3 Å². The lowest BCUT2D eigenvalue weighted by molar-refractivity contribution is 0.174. The molecule has 16 heavy (non-hydrogen) atoms. The number of benzene rings is 1. The van der Waals surface area contributed by atoms with Crippen LogP contribution in [0.15, 0.2) is 12.1 Å². The van der Waals surface area contributed by atoms with E-state index in [1.807, 2.05) is 0 Å². The highest BCUT2D eigenvalue weighted by Gasteiger charge is 2.13. The van der Waals surface area contributed by atoms with E-state index < -0.39 is 11.9 Å². The monoisotopic (exact) mass is 247 g/mol. The van der Waals surface area contributed by atoms with Gasteiger partial charge >= 0.3 is 0 Å². The van der Waals surface area contributed by atoms with Crippen molar-refractivity contribution < 1.29 is 14.2 Å². The van der Waals surface area contributed by atoms with E-state index >= 15 is 0 Å². The first-order valence-corrected chi connectivity index (χ1v) is 5.27. The lowest BCUT2D eigenvalue weighted by atomic mass is 10.1. The standard InChI is InChI=1S/C11H15ClFNO2/c1-14-5-11(15)7-3-9(12)8(6-16-2)10(13)4-7/h3-4,11,14-15H,5-6H2,1-2H3. The fourth-order valence-electron chi connectivity index (χ4n) is 1.41. The maximum absolute atomic E-state index is 13.6. The van der Waals surface area contributed by atoms with E-state index in [9.17, 15) is 9.50 Å². The third-order valence-electron chi connectivity index (χ3n) is 2.23. The molecule has 0 bridgehead atoms. The zero-order valence-corrected chi connectivity index (χ0v) is 10.0. The summed E-state index contributed by atoms with van der Waals surface area (Å²) in [6.07, 6.45) is -0.770. The summed E-state index contributed by atoms with van der Waals surface area (Å²) in [6.45, 7) is 0.465. The molecule has 5 heteroatoms. The average Bonchev–Trinajstić information content (AvgIpc) is 2.23. The van der Waals surface area contributed by atoms with Gasteiger partial charge < -0.3 is 15.2 Å². The largest absolute Gasteiger partial charge is 0.387 e. The lowest BCUT2D eigenvalue weighted by Crippen LogP contribution is -2.17. The van der Waals surface area contributed by atoms with Crippen LogP contribution < -0.4 is 5.32 Å². The average molecular weight is 248 g/mol. The Kier molecular flexibility index (Phi) is 5.15. The molecule has 1 aromatic carbocycles. The van der Waals surface area contributed by atoms with Crippen molar-refractivity contribution in [3.63, 3.8) is 0 Å². The number of halogens is 2. The van der Waals surface area contributed by atoms with Crippen LogP contribution in [0.2, 0.25) is 5.02 Å². The number of likely N-dealkylation sites (N-methyl/N-ethyl adjacent to an activating group) is 1. The quantitative estimate of drug-likeness (QED) is 0.835. The zero-order chi connectivity index (χ0) is 12.1. The summed E-state index contributed by atoms with van der Waals surface area (Å²) in [5, 5.41) is 12.7. The zero-order valence-electron chi connectivity index (χ0n) is 9.26. The van der Waals surface area contributed by atoms with Crippen molar-refractivity contribution in [1.29, 1.82) is 0 Å². The van der Waals surface area contributed by atoms with Crippen molar-refractivity contribution in [2.24, 2.45) is 0 Å². The molecule has 1 rings (SSSR count). The van der Waals surface area contributed by atoms with Crippen molar-refractivity contribution in [2.45, 2.75) is 12.7 Å². The minimum absolute atomic E-state index is 0.118. The third kappa shape index (κ3) is 3.15. The summed E-state index contributed by atoms with van der Waals surface area (Å²) in [7, 11) is 3.18. The molecule has 0 aliphatic rings. The van der Waals surface area contributed by atoms with E-state index in [0.717, 1.165) is 0 Å². The number of rotatable bonds is 5. The van der Waals surface area contributed by atoms with Gasteiger partial charge in [0.25, 0.3) is 0 Å². The molecule has 0 radical (unpaired) electrons. The Labute approximate surface area is 99.2 Å². The van der Waals surface area contributed by atoms with Crippen LogP contribution in [0.5, 0.6) is 0 Å². The maximum atomic E-state index is 13.6. The first-order valence-electron chi connectivity index (χ1n) is 4.89. The molecule has 0 saturated carbocycles. The number of ether oxygens (including phenoxy) is 1. The van der Waals surface area contributed by atoms with E-state index in [-0.39, 0.29) is 11.6 Å². The van der Waals surface area contributed by atoms with Crippen LogP contribution >= 0.6 is 11.6 Å². The van der Waals surface area contributed by atoms with Gasteiger partial charge in [-0.2, -0.15) is 0 Å². The molecule has 0 aliphatic heterocycles. The summed E-state index contributed by atoms with van der Waals surface area (Å²) in [5.74, 6) is -0.459.